The van der Waals surface area contributed by atoms with Crippen LogP contribution in [0.5, 0.6) is 0 Å². The Morgan fingerprint density at radius 3 is 2.00 bits per heavy atom. The monoisotopic (exact) mass is 531 g/mol. The molecule has 8 nitrogen and oxygen atoms in total. The van der Waals surface area contributed by atoms with E-state index in [-0.39, 0.29) is 17.2 Å². The minimum absolute atomic E-state index is 0.0300. The van der Waals surface area contributed by atoms with E-state index in [1.165, 1.54) is 18.2 Å². The lowest BCUT2D eigenvalue weighted by Crippen LogP contribution is -2.30. The largest absolute Gasteiger partial charge is 0.321 e. The molecule has 4 rings (SSSR count). The molecule has 40 heavy (non-hydrogen) atoms. The molecule has 2 amide bonds. The number of ketones is 1. The van der Waals surface area contributed by atoms with Gasteiger partial charge in [0.15, 0.2) is 5.78 Å². The van der Waals surface area contributed by atoms with Crippen LogP contribution in [0, 0.1) is 17.0 Å². The summed E-state index contributed by atoms with van der Waals surface area (Å²) in [4.78, 5) is 48.8. The van der Waals surface area contributed by atoms with E-state index in [1.54, 1.807) is 78.9 Å². The van der Waals surface area contributed by atoms with Crippen molar-refractivity contribution in [1.82, 2.24) is 5.32 Å². The van der Waals surface area contributed by atoms with Crippen molar-refractivity contribution < 1.29 is 19.3 Å². The zero-order valence-electron chi connectivity index (χ0n) is 21.5. The molecule has 0 aliphatic rings. The third-order valence-corrected chi connectivity index (χ3v) is 5.88. The van der Waals surface area contributed by atoms with Crippen molar-refractivity contribution in [1.29, 1.82) is 0 Å². The number of rotatable bonds is 9. The predicted molar refractivity (Wildman–Crippen MR) is 155 cm³/mol. The van der Waals surface area contributed by atoms with Crippen molar-refractivity contribution in [2.45, 2.75) is 6.92 Å². The number of carbonyl (C=O) groups excluding carboxylic acids is 3. The van der Waals surface area contributed by atoms with Crippen LogP contribution in [-0.4, -0.2) is 22.5 Å². The van der Waals surface area contributed by atoms with Gasteiger partial charge in [-0.15, -0.1) is 0 Å². The zero-order chi connectivity index (χ0) is 28.5. The molecular weight excluding hydrogens is 506 g/mol. The zero-order valence-corrected chi connectivity index (χ0v) is 21.5. The van der Waals surface area contributed by atoms with Crippen LogP contribution in [0.3, 0.4) is 0 Å². The quantitative estimate of drug-likeness (QED) is 0.115. The number of allylic oxidation sites excluding steroid dienone is 1. The highest BCUT2D eigenvalue weighted by Crippen LogP contribution is 2.16. The van der Waals surface area contributed by atoms with Crippen LogP contribution in [-0.2, 0) is 4.79 Å². The molecule has 2 N–H and O–H groups in total. The standard InChI is InChI=1S/C32H25N3O5/c1-22-7-9-24(10-8-22)21-29(34-31(37)26-5-3-2-4-6-26)32(38)33-27-16-14-25(15-17-27)30(36)20-13-23-11-18-28(19-12-23)35(39)40/h2-21H,1H3,(H,33,38)(H,34,37)/b20-13+,29-21-. The molecule has 8 heteroatoms. The summed E-state index contributed by atoms with van der Waals surface area (Å²) in [7, 11) is 0. The first-order chi connectivity index (χ1) is 19.3. The van der Waals surface area contributed by atoms with Crippen molar-refractivity contribution >= 4 is 41.1 Å². The number of aryl methyl sites for hydroxylation is 1. The summed E-state index contributed by atoms with van der Waals surface area (Å²) in [6.07, 6.45) is 4.53. The molecule has 0 spiro atoms. The Morgan fingerprint density at radius 2 is 1.38 bits per heavy atom. The van der Waals surface area contributed by atoms with Gasteiger partial charge >= 0.3 is 0 Å². The van der Waals surface area contributed by atoms with E-state index in [1.807, 2.05) is 31.2 Å². The molecule has 0 fully saturated rings. The summed E-state index contributed by atoms with van der Waals surface area (Å²) in [6.45, 7) is 1.96. The van der Waals surface area contributed by atoms with Crippen molar-refractivity contribution in [3.05, 3.63) is 153 Å². The fourth-order valence-corrected chi connectivity index (χ4v) is 3.66. The summed E-state index contributed by atoms with van der Waals surface area (Å²) >= 11 is 0. The smallest absolute Gasteiger partial charge is 0.272 e. The summed E-state index contributed by atoms with van der Waals surface area (Å²) in [5.74, 6) is -1.22. The molecule has 0 unspecified atom stereocenters. The van der Waals surface area contributed by atoms with Gasteiger partial charge in [0.05, 0.1) is 4.92 Å². The lowest BCUT2D eigenvalue weighted by Gasteiger charge is -2.12. The molecule has 198 valence electrons. The number of non-ortho nitro benzene ring substituents is 1. The molecule has 0 saturated heterocycles. The first-order valence-electron chi connectivity index (χ1n) is 12.3. The van der Waals surface area contributed by atoms with Crippen LogP contribution in [0.4, 0.5) is 11.4 Å². The Labute approximate surface area is 230 Å². The van der Waals surface area contributed by atoms with E-state index < -0.39 is 16.7 Å². The average Bonchev–Trinajstić information content (AvgIpc) is 2.97. The van der Waals surface area contributed by atoms with Crippen molar-refractivity contribution in [2.75, 3.05) is 5.32 Å². The number of nitro benzene ring substituents is 1. The summed E-state index contributed by atoms with van der Waals surface area (Å²) < 4.78 is 0. The van der Waals surface area contributed by atoms with Gasteiger partial charge in [0.25, 0.3) is 17.5 Å². The molecule has 4 aromatic carbocycles. The number of benzene rings is 4. The van der Waals surface area contributed by atoms with Gasteiger partial charge in [-0.05, 0) is 78.7 Å². The number of hydrogen-bond donors (Lipinski definition) is 2. The predicted octanol–water partition coefficient (Wildman–Crippen LogP) is 6.21. The molecule has 0 heterocycles. The van der Waals surface area contributed by atoms with Gasteiger partial charge in [-0.3, -0.25) is 24.5 Å². The third-order valence-electron chi connectivity index (χ3n) is 5.88. The highest BCUT2D eigenvalue weighted by molar-refractivity contribution is 6.11. The van der Waals surface area contributed by atoms with Gasteiger partial charge in [0.1, 0.15) is 5.70 Å². The molecule has 0 radical (unpaired) electrons. The number of amides is 2. The second kappa shape index (κ2) is 12.7. The molecule has 0 atom stereocenters. The maximum atomic E-state index is 13.2. The maximum absolute atomic E-state index is 13.2. The first-order valence-corrected chi connectivity index (χ1v) is 12.3. The van der Waals surface area contributed by atoms with Crippen LogP contribution < -0.4 is 10.6 Å². The van der Waals surface area contributed by atoms with Crippen molar-refractivity contribution in [3.63, 3.8) is 0 Å². The number of nitrogens with zero attached hydrogens (tertiary/aromatic N) is 1. The van der Waals surface area contributed by atoms with Crippen LogP contribution >= 0.6 is 0 Å². The average molecular weight is 532 g/mol. The maximum Gasteiger partial charge on any atom is 0.272 e. The Balaban J connectivity index is 1.46. The van der Waals surface area contributed by atoms with E-state index in [9.17, 15) is 24.5 Å². The summed E-state index contributed by atoms with van der Waals surface area (Å²) in [5.41, 5.74) is 3.72. The second-order valence-electron chi connectivity index (χ2n) is 8.87. The van der Waals surface area contributed by atoms with E-state index >= 15 is 0 Å². The lowest BCUT2D eigenvalue weighted by atomic mass is 10.1. The van der Waals surface area contributed by atoms with Gasteiger partial charge in [-0.25, -0.2) is 0 Å². The Morgan fingerprint density at radius 1 is 0.750 bits per heavy atom. The van der Waals surface area contributed by atoms with Crippen molar-refractivity contribution in [2.24, 2.45) is 0 Å². The number of carbonyl (C=O) groups is 3. The highest BCUT2D eigenvalue weighted by Gasteiger charge is 2.15. The van der Waals surface area contributed by atoms with Gasteiger partial charge < -0.3 is 10.6 Å². The van der Waals surface area contributed by atoms with Gasteiger partial charge in [-0.2, -0.15) is 0 Å². The number of nitrogens with one attached hydrogen (secondary N) is 2. The van der Waals surface area contributed by atoms with Crippen LogP contribution in [0.1, 0.15) is 37.4 Å². The molecule has 0 aromatic heterocycles. The Hall–Kier alpha value is -5.63. The summed E-state index contributed by atoms with van der Waals surface area (Å²) in [5, 5.41) is 16.2. The van der Waals surface area contributed by atoms with Gasteiger partial charge in [-0.1, -0.05) is 54.1 Å². The van der Waals surface area contributed by atoms with Crippen LogP contribution in [0.2, 0.25) is 0 Å². The van der Waals surface area contributed by atoms with Crippen LogP contribution in [0.25, 0.3) is 12.2 Å². The van der Waals surface area contributed by atoms with Gasteiger partial charge in [0, 0.05) is 28.9 Å². The van der Waals surface area contributed by atoms with E-state index in [4.69, 9.17) is 0 Å². The molecule has 0 aliphatic heterocycles. The summed E-state index contributed by atoms with van der Waals surface area (Å²) in [6, 6.07) is 28.3. The molecule has 0 saturated carbocycles. The topological polar surface area (TPSA) is 118 Å². The van der Waals surface area contributed by atoms with E-state index in [2.05, 4.69) is 10.6 Å². The van der Waals surface area contributed by atoms with E-state index in [0.717, 1.165) is 11.1 Å². The fourth-order valence-electron chi connectivity index (χ4n) is 3.66. The first kappa shape index (κ1) is 27.4. The van der Waals surface area contributed by atoms with E-state index in [0.29, 0.717) is 22.4 Å². The second-order valence-corrected chi connectivity index (χ2v) is 8.87. The molecule has 0 bridgehead atoms. The van der Waals surface area contributed by atoms with Crippen LogP contribution in [0.15, 0.2) is 115 Å². The number of nitro groups is 1. The third kappa shape index (κ3) is 7.45. The molecule has 4 aromatic rings. The number of hydrogen-bond acceptors (Lipinski definition) is 5. The number of anilines is 1. The highest BCUT2D eigenvalue weighted by atomic mass is 16.6. The normalized spacial score (nSPS) is 11.2. The SMILES string of the molecule is Cc1ccc(/C=C(\NC(=O)c2ccccc2)C(=O)Nc2ccc(C(=O)/C=C/c3ccc([N+](=O)[O-])cc3)cc2)cc1. The lowest BCUT2D eigenvalue weighted by molar-refractivity contribution is -0.384. The van der Waals surface area contributed by atoms with Crippen molar-refractivity contribution in [3.8, 4) is 0 Å². The Bertz CT molecular complexity index is 1590. The van der Waals surface area contributed by atoms with Gasteiger partial charge in [0.2, 0.25) is 0 Å². The minimum Gasteiger partial charge on any atom is -0.321 e. The Kier molecular flexibility index (Phi) is 8.73. The molecular formula is C32H25N3O5. The minimum atomic E-state index is -0.526. The molecule has 0 aliphatic carbocycles. The fraction of sp³-hybridized carbons (Fsp3) is 0.0312.